The van der Waals surface area contributed by atoms with Crippen molar-refractivity contribution in [1.29, 1.82) is 0 Å². The molecule has 0 amide bonds. The van der Waals surface area contributed by atoms with E-state index in [-0.39, 0.29) is 0 Å². The topological polar surface area (TPSA) is 15.3 Å². The van der Waals surface area contributed by atoms with E-state index in [4.69, 9.17) is 11.6 Å². The predicted octanol–water partition coefficient (Wildman–Crippen LogP) is 3.38. The van der Waals surface area contributed by atoms with Crippen molar-refractivity contribution in [2.75, 3.05) is 25.0 Å². The van der Waals surface area contributed by atoms with Crippen LogP contribution >= 0.6 is 11.6 Å². The van der Waals surface area contributed by atoms with Crippen LogP contribution in [0.1, 0.15) is 25.7 Å². The zero-order chi connectivity index (χ0) is 11.7. The number of para-hydroxylation sites is 1. The molecule has 2 aliphatic heterocycles. The smallest absolute Gasteiger partial charge is 0.0637 e. The summed E-state index contributed by atoms with van der Waals surface area (Å²) in [7, 11) is 0. The Labute approximate surface area is 108 Å². The molecule has 0 radical (unpaired) electrons. The summed E-state index contributed by atoms with van der Waals surface area (Å²) in [5.41, 5.74) is 1.49. The molecule has 0 spiro atoms. The number of anilines is 1. The van der Waals surface area contributed by atoms with Crippen LogP contribution in [-0.2, 0) is 0 Å². The van der Waals surface area contributed by atoms with E-state index in [1.54, 1.807) is 0 Å². The Balaban J connectivity index is 1.70. The number of halogens is 1. The molecule has 0 aromatic heterocycles. The molecule has 0 atom stereocenters. The van der Waals surface area contributed by atoms with Crippen molar-refractivity contribution in [3.8, 4) is 0 Å². The minimum absolute atomic E-state index is 0.416. The second-order valence-electron chi connectivity index (χ2n) is 5.25. The van der Waals surface area contributed by atoms with Crippen molar-refractivity contribution in [2.24, 2.45) is 0 Å². The summed E-state index contributed by atoms with van der Waals surface area (Å²) in [5, 5.41) is 4.37. The van der Waals surface area contributed by atoms with Gasteiger partial charge in [0, 0.05) is 12.1 Å². The zero-order valence-electron chi connectivity index (χ0n) is 10.1. The first-order valence-corrected chi connectivity index (χ1v) is 6.91. The molecule has 1 N–H and O–H groups in total. The molecule has 2 heterocycles. The first-order valence-electron chi connectivity index (χ1n) is 6.54. The normalized spacial score (nSPS) is 22.6. The Kier molecular flexibility index (Phi) is 3.01. The zero-order valence-corrected chi connectivity index (χ0v) is 10.8. The fourth-order valence-electron chi connectivity index (χ4n) is 3.38. The maximum atomic E-state index is 6.17. The third kappa shape index (κ3) is 2.04. The second-order valence-corrected chi connectivity index (χ2v) is 5.66. The van der Waals surface area contributed by atoms with Crippen LogP contribution in [0.4, 0.5) is 5.69 Å². The monoisotopic (exact) mass is 250 g/mol. The maximum absolute atomic E-state index is 6.17. The molecular formula is C14H19ClN2. The molecule has 0 aliphatic carbocycles. The molecule has 92 valence electrons. The van der Waals surface area contributed by atoms with Crippen molar-refractivity contribution in [2.45, 2.75) is 31.2 Å². The lowest BCUT2D eigenvalue weighted by Crippen LogP contribution is -2.44. The quantitative estimate of drug-likeness (QED) is 0.885. The molecule has 0 unspecified atom stereocenters. The summed E-state index contributed by atoms with van der Waals surface area (Å²) in [6.07, 6.45) is 5.38. The summed E-state index contributed by atoms with van der Waals surface area (Å²) in [6, 6.07) is 8.02. The third-order valence-corrected chi connectivity index (χ3v) is 4.62. The first kappa shape index (κ1) is 11.4. The SMILES string of the molecule is Clc1ccccc1NCC12CCCN1CCC2. The standard InChI is InChI=1S/C14H19ClN2/c15-12-5-1-2-6-13(12)16-11-14-7-3-9-17(14)10-4-8-14/h1-2,5-6,16H,3-4,7-11H2. The Bertz CT molecular complexity index is 395. The lowest BCUT2D eigenvalue weighted by atomic mass is 9.94. The largest absolute Gasteiger partial charge is 0.382 e. The molecule has 2 saturated heterocycles. The average Bonchev–Trinajstić information content (AvgIpc) is 2.87. The van der Waals surface area contributed by atoms with Gasteiger partial charge in [0.2, 0.25) is 0 Å². The maximum Gasteiger partial charge on any atom is 0.0637 e. The van der Waals surface area contributed by atoms with Gasteiger partial charge in [-0.3, -0.25) is 4.90 Å². The number of nitrogens with zero attached hydrogens (tertiary/aromatic N) is 1. The van der Waals surface area contributed by atoms with E-state index in [2.05, 4.69) is 16.3 Å². The highest BCUT2D eigenvalue weighted by Crippen LogP contribution is 2.39. The van der Waals surface area contributed by atoms with Crippen LogP contribution in [-0.4, -0.2) is 30.1 Å². The number of rotatable bonds is 3. The molecule has 1 aromatic rings. The molecular weight excluding hydrogens is 232 g/mol. The Hall–Kier alpha value is -0.730. The molecule has 2 fully saturated rings. The van der Waals surface area contributed by atoms with Crippen molar-refractivity contribution >= 4 is 17.3 Å². The van der Waals surface area contributed by atoms with Gasteiger partial charge < -0.3 is 5.32 Å². The first-order chi connectivity index (χ1) is 8.30. The Morgan fingerprint density at radius 2 is 1.88 bits per heavy atom. The van der Waals surface area contributed by atoms with Gasteiger partial charge in [0.15, 0.2) is 0 Å². The van der Waals surface area contributed by atoms with Gasteiger partial charge in [-0.1, -0.05) is 23.7 Å². The summed E-state index contributed by atoms with van der Waals surface area (Å²) in [5.74, 6) is 0. The molecule has 0 bridgehead atoms. The number of nitrogens with one attached hydrogen (secondary N) is 1. The number of fused-ring (bicyclic) bond motifs is 1. The highest BCUT2D eigenvalue weighted by Gasteiger charge is 2.43. The molecule has 2 nitrogen and oxygen atoms in total. The Morgan fingerprint density at radius 3 is 2.59 bits per heavy atom. The van der Waals surface area contributed by atoms with E-state index in [0.29, 0.717) is 5.54 Å². The fraction of sp³-hybridized carbons (Fsp3) is 0.571. The Morgan fingerprint density at radius 1 is 1.18 bits per heavy atom. The molecule has 17 heavy (non-hydrogen) atoms. The van der Waals surface area contributed by atoms with Gasteiger partial charge in [0.1, 0.15) is 0 Å². The summed E-state index contributed by atoms with van der Waals surface area (Å²) < 4.78 is 0. The highest BCUT2D eigenvalue weighted by molar-refractivity contribution is 6.33. The fourth-order valence-corrected chi connectivity index (χ4v) is 3.58. The van der Waals surface area contributed by atoms with E-state index in [1.165, 1.54) is 38.8 Å². The summed E-state index contributed by atoms with van der Waals surface area (Å²) >= 11 is 6.17. The van der Waals surface area contributed by atoms with Gasteiger partial charge in [-0.25, -0.2) is 0 Å². The van der Waals surface area contributed by atoms with Crippen LogP contribution < -0.4 is 5.32 Å². The van der Waals surface area contributed by atoms with Gasteiger partial charge in [-0.05, 0) is 50.9 Å². The summed E-state index contributed by atoms with van der Waals surface area (Å²) in [6.45, 7) is 3.60. The molecule has 2 aliphatic rings. The van der Waals surface area contributed by atoms with E-state index in [9.17, 15) is 0 Å². The lowest BCUT2D eigenvalue weighted by Gasteiger charge is -2.32. The molecule has 3 heteroatoms. The van der Waals surface area contributed by atoms with Crippen molar-refractivity contribution in [1.82, 2.24) is 4.90 Å². The van der Waals surface area contributed by atoms with Gasteiger partial charge in [-0.2, -0.15) is 0 Å². The van der Waals surface area contributed by atoms with Crippen molar-refractivity contribution in [3.63, 3.8) is 0 Å². The van der Waals surface area contributed by atoms with Gasteiger partial charge in [0.05, 0.1) is 10.7 Å². The summed E-state index contributed by atoms with van der Waals surface area (Å²) in [4.78, 5) is 2.66. The van der Waals surface area contributed by atoms with Gasteiger partial charge >= 0.3 is 0 Å². The van der Waals surface area contributed by atoms with Crippen LogP contribution in [0.2, 0.25) is 5.02 Å². The van der Waals surface area contributed by atoms with Crippen molar-refractivity contribution < 1.29 is 0 Å². The lowest BCUT2D eigenvalue weighted by molar-refractivity contribution is 0.209. The van der Waals surface area contributed by atoms with E-state index in [1.807, 2.05) is 18.2 Å². The minimum Gasteiger partial charge on any atom is -0.382 e. The van der Waals surface area contributed by atoms with Crippen LogP contribution in [0.5, 0.6) is 0 Å². The number of hydrogen-bond acceptors (Lipinski definition) is 2. The van der Waals surface area contributed by atoms with Gasteiger partial charge in [-0.15, -0.1) is 0 Å². The van der Waals surface area contributed by atoms with Crippen LogP contribution in [0, 0.1) is 0 Å². The van der Waals surface area contributed by atoms with Gasteiger partial charge in [0.25, 0.3) is 0 Å². The highest BCUT2D eigenvalue weighted by atomic mass is 35.5. The van der Waals surface area contributed by atoms with Crippen LogP contribution in [0.3, 0.4) is 0 Å². The predicted molar refractivity (Wildman–Crippen MR) is 72.7 cm³/mol. The van der Waals surface area contributed by atoms with Crippen LogP contribution in [0.15, 0.2) is 24.3 Å². The number of benzene rings is 1. The molecule has 3 rings (SSSR count). The van der Waals surface area contributed by atoms with Crippen molar-refractivity contribution in [3.05, 3.63) is 29.3 Å². The van der Waals surface area contributed by atoms with E-state index >= 15 is 0 Å². The molecule has 0 saturated carbocycles. The van der Waals surface area contributed by atoms with E-state index in [0.717, 1.165) is 17.3 Å². The van der Waals surface area contributed by atoms with Crippen LogP contribution in [0.25, 0.3) is 0 Å². The average molecular weight is 251 g/mol. The molecule has 1 aromatic carbocycles. The number of hydrogen-bond donors (Lipinski definition) is 1. The third-order valence-electron chi connectivity index (χ3n) is 4.29. The van der Waals surface area contributed by atoms with E-state index < -0.39 is 0 Å². The second kappa shape index (κ2) is 4.51. The minimum atomic E-state index is 0.416.